The summed E-state index contributed by atoms with van der Waals surface area (Å²) in [6.07, 6.45) is 3.80. The zero-order valence-electron chi connectivity index (χ0n) is 28.3. The lowest BCUT2D eigenvalue weighted by atomic mass is 10.2. The fraction of sp³-hybridized carbons (Fsp3) is 0.594. The number of hydrogen-bond acceptors (Lipinski definition) is 5. The fourth-order valence-electron chi connectivity index (χ4n) is 2.13. The Labute approximate surface area is 251 Å². The molecule has 1 N–H and O–H groups in total. The number of allylic oxidation sites excluding steroid dienone is 2. The molecule has 0 fully saturated rings. The standard InChI is InChI=1S/C14H18FN3S.C6H12O.C3H7NO.C3H6.3C2H6/c1-10(2)8-18-11(3)16-17-14(18)19-9-12-5-4-6-13(15)7-12;1-4-6(2)5-7-3;1-3(5)4-2;1-3-2;3*1-2/h4-7,10H,8-9H2,1-3H3;4H,5H2,1-3H3;1-2H3,(H,4,5);3H,1H2,2H3;3*1-2H3/b;6-4-;;;;;. The molecule has 1 aromatic heterocycles. The van der Waals surface area contributed by atoms with E-state index in [0.29, 0.717) is 11.7 Å². The Balaban J connectivity index is -0.000000161. The summed E-state index contributed by atoms with van der Waals surface area (Å²) < 4.78 is 20.1. The van der Waals surface area contributed by atoms with Gasteiger partial charge in [-0.05, 0) is 51.3 Å². The SMILES string of the molecule is C/C=C(/C)COC.C=CC.CC.CC.CC.CNC(C)=O.Cc1nnc(SCc2cccc(F)c2)n1CC(C)C. The van der Waals surface area contributed by atoms with Crippen LogP contribution in [0.2, 0.25) is 0 Å². The molecule has 40 heavy (non-hydrogen) atoms. The van der Waals surface area contributed by atoms with E-state index >= 15 is 0 Å². The zero-order valence-corrected chi connectivity index (χ0v) is 29.1. The van der Waals surface area contributed by atoms with Crippen LogP contribution in [-0.2, 0) is 21.8 Å². The number of nitrogens with one attached hydrogen (secondary N) is 1. The Morgan fingerprint density at radius 3 is 1.98 bits per heavy atom. The van der Waals surface area contributed by atoms with Crippen LogP contribution in [-0.4, -0.2) is 41.4 Å². The first-order chi connectivity index (χ1) is 19.1. The van der Waals surface area contributed by atoms with Gasteiger partial charge in [-0.1, -0.05) is 97.0 Å². The maximum Gasteiger partial charge on any atom is 0.216 e. The predicted molar refractivity (Wildman–Crippen MR) is 177 cm³/mol. The van der Waals surface area contributed by atoms with Crippen LogP contribution < -0.4 is 5.32 Å². The monoisotopic (exact) mass is 584 g/mol. The fourth-order valence-corrected chi connectivity index (χ4v) is 3.07. The third kappa shape index (κ3) is 31.8. The first-order valence-corrected chi connectivity index (χ1v) is 15.2. The number of nitrogens with zero attached hydrogens (tertiary/aromatic N) is 3. The Hall–Kier alpha value is -2.45. The van der Waals surface area contributed by atoms with Gasteiger partial charge in [0.05, 0.1) is 6.61 Å². The van der Waals surface area contributed by atoms with Gasteiger partial charge in [0, 0.05) is 33.4 Å². The third-order valence-corrected chi connectivity index (χ3v) is 4.96. The van der Waals surface area contributed by atoms with Crippen LogP contribution in [0.3, 0.4) is 0 Å². The van der Waals surface area contributed by atoms with Crippen LogP contribution in [0, 0.1) is 18.7 Å². The Kier molecular flexibility index (Phi) is 43.3. The minimum Gasteiger partial charge on any atom is -0.380 e. The number of thioether (sulfide) groups is 1. The van der Waals surface area contributed by atoms with Crippen molar-refractivity contribution in [1.29, 1.82) is 0 Å². The lowest BCUT2D eigenvalue weighted by Crippen LogP contribution is -2.11. The second-order valence-corrected chi connectivity index (χ2v) is 8.68. The molecule has 6 nitrogen and oxygen atoms in total. The molecule has 2 rings (SSSR count). The number of aryl methyl sites for hydroxylation is 1. The van der Waals surface area contributed by atoms with Crippen molar-refractivity contribution in [3.63, 3.8) is 0 Å². The number of carbonyl (C=O) groups excluding carboxylic acids is 1. The van der Waals surface area contributed by atoms with Crippen molar-refractivity contribution in [1.82, 2.24) is 20.1 Å². The normalized spacial score (nSPS) is 9.07. The second kappa shape index (κ2) is 36.5. The molecule has 0 aliphatic heterocycles. The second-order valence-electron chi connectivity index (χ2n) is 7.74. The van der Waals surface area contributed by atoms with Crippen LogP contribution in [0.4, 0.5) is 4.39 Å². The maximum atomic E-state index is 13.1. The number of aromatic nitrogens is 3. The summed E-state index contributed by atoms with van der Waals surface area (Å²) in [6.45, 7) is 30.7. The third-order valence-electron chi connectivity index (χ3n) is 3.92. The molecule has 0 bridgehead atoms. The molecule has 0 saturated carbocycles. The van der Waals surface area contributed by atoms with Crippen molar-refractivity contribution >= 4 is 17.7 Å². The van der Waals surface area contributed by atoms with Crippen LogP contribution in [0.15, 0.2) is 53.7 Å². The largest absolute Gasteiger partial charge is 0.380 e. The van der Waals surface area contributed by atoms with Gasteiger partial charge in [0.15, 0.2) is 5.16 Å². The topological polar surface area (TPSA) is 69.0 Å². The van der Waals surface area contributed by atoms with Crippen molar-refractivity contribution in [2.75, 3.05) is 20.8 Å². The molecular formula is C32H61FN4O2S. The lowest BCUT2D eigenvalue weighted by Gasteiger charge is -2.10. The quantitative estimate of drug-likeness (QED) is 0.259. The van der Waals surface area contributed by atoms with Crippen molar-refractivity contribution in [2.45, 2.75) is 107 Å². The molecular weight excluding hydrogens is 523 g/mol. The van der Waals surface area contributed by atoms with E-state index in [9.17, 15) is 9.18 Å². The summed E-state index contributed by atoms with van der Waals surface area (Å²) in [5.41, 5.74) is 2.24. The summed E-state index contributed by atoms with van der Waals surface area (Å²) in [5.74, 6) is 1.98. The molecule has 1 amide bonds. The number of halogens is 1. The van der Waals surface area contributed by atoms with Gasteiger partial charge in [0.1, 0.15) is 11.6 Å². The van der Waals surface area contributed by atoms with Gasteiger partial charge < -0.3 is 14.6 Å². The van der Waals surface area contributed by atoms with Crippen LogP contribution in [0.25, 0.3) is 0 Å². The molecule has 2 aromatic rings. The summed E-state index contributed by atoms with van der Waals surface area (Å²) in [7, 11) is 3.30. The zero-order chi connectivity index (χ0) is 32.5. The number of ether oxygens (including phenoxy) is 1. The summed E-state index contributed by atoms with van der Waals surface area (Å²) in [4.78, 5) is 9.70. The molecule has 0 radical (unpaired) electrons. The van der Waals surface area contributed by atoms with Gasteiger partial charge in [0.25, 0.3) is 0 Å². The van der Waals surface area contributed by atoms with Crippen molar-refractivity contribution in [2.24, 2.45) is 5.92 Å². The average Bonchev–Trinajstić information content (AvgIpc) is 3.30. The first kappa shape index (κ1) is 47.3. The lowest BCUT2D eigenvalue weighted by molar-refractivity contribution is -0.118. The van der Waals surface area contributed by atoms with Gasteiger partial charge in [-0.3, -0.25) is 4.79 Å². The predicted octanol–water partition coefficient (Wildman–Crippen LogP) is 9.30. The summed E-state index contributed by atoms with van der Waals surface area (Å²) >= 11 is 1.59. The highest BCUT2D eigenvalue weighted by atomic mass is 32.2. The molecule has 0 saturated heterocycles. The number of carbonyl (C=O) groups is 1. The van der Waals surface area contributed by atoms with Crippen molar-refractivity contribution < 1.29 is 13.9 Å². The van der Waals surface area contributed by atoms with Crippen LogP contribution in [0.5, 0.6) is 0 Å². The van der Waals surface area contributed by atoms with E-state index in [1.54, 1.807) is 44.1 Å². The van der Waals surface area contributed by atoms with Crippen LogP contribution >= 0.6 is 11.8 Å². The minimum atomic E-state index is -0.196. The van der Waals surface area contributed by atoms with Gasteiger partial charge in [0.2, 0.25) is 5.91 Å². The molecule has 0 unspecified atom stereocenters. The highest BCUT2D eigenvalue weighted by Crippen LogP contribution is 2.23. The minimum absolute atomic E-state index is 0.00463. The number of benzene rings is 1. The van der Waals surface area contributed by atoms with E-state index in [-0.39, 0.29) is 11.7 Å². The molecule has 1 heterocycles. The van der Waals surface area contributed by atoms with E-state index in [0.717, 1.165) is 29.7 Å². The average molecular weight is 585 g/mol. The van der Waals surface area contributed by atoms with E-state index in [1.165, 1.54) is 18.6 Å². The molecule has 234 valence electrons. The Morgan fingerprint density at radius 1 is 1.12 bits per heavy atom. The molecule has 8 heteroatoms. The number of methoxy groups -OCH3 is 1. The van der Waals surface area contributed by atoms with Gasteiger partial charge in [-0.25, -0.2) is 4.39 Å². The highest BCUT2D eigenvalue weighted by molar-refractivity contribution is 7.98. The van der Waals surface area contributed by atoms with E-state index in [2.05, 4.69) is 40.5 Å². The van der Waals surface area contributed by atoms with E-state index in [1.807, 2.05) is 81.4 Å². The summed E-state index contributed by atoms with van der Waals surface area (Å²) in [5, 5.41) is 11.6. The number of amides is 1. The van der Waals surface area contributed by atoms with Crippen molar-refractivity contribution in [3.8, 4) is 0 Å². The molecule has 0 aliphatic carbocycles. The van der Waals surface area contributed by atoms with Crippen molar-refractivity contribution in [3.05, 3.63) is 65.8 Å². The van der Waals surface area contributed by atoms with E-state index in [4.69, 9.17) is 4.74 Å². The van der Waals surface area contributed by atoms with Gasteiger partial charge >= 0.3 is 0 Å². The summed E-state index contributed by atoms with van der Waals surface area (Å²) in [6, 6.07) is 6.67. The smallest absolute Gasteiger partial charge is 0.216 e. The van der Waals surface area contributed by atoms with Gasteiger partial charge in [-0.2, -0.15) is 0 Å². The first-order valence-electron chi connectivity index (χ1n) is 14.2. The number of rotatable bonds is 7. The maximum absolute atomic E-state index is 13.1. The molecule has 0 atom stereocenters. The molecule has 0 spiro atoms. The Bertz CT molecular complexity index is 853. The van der Waals surface area contributed by atoms with E-state index < -0.39 is 0 Å². The van der Waals surface area contributed by atoms with Crippen LogP contribution in [0.1, 0.15) is 94.5 Å². The molecule has 1 aromatic carbocycles. The number of hydrogen-bond donors (Lipinski definition) is 1. The van der Waals surface area contributed by atoms with Gasteiger partial charge in [-0.15, -0.1) is 16.8 Å². The Morgan fingerprint density at radius 2 is 1.62 bits per heavy atom. The highest BCUT2D eigenvalue weighted by Gasteiger charge is 2.11. The molecule has 0 aliphatic rings.